The van der Waals surface area contributed by atoms with E-state index in [9.17, 15) is 0 Å². The summed E-state index contributed by atoms with van der Waals surface area (Å²) in [5, 5.41) is 0. The summed E-state index contributed by atoms with van der Waals surface area (Å²) in [5.74, 6) is 3.43. The van der Waals surface area contributed by atoms with Gasteiger partial charge in [0.2, 0.25) is 0 Å². The fraction of sp³-hybridized carbons (Fsp3) is 0.895. The Morgan fingerprint density at radius 1 is 0.737 bits per heavy atom. The van der Waals surface area contributed by atoms with Gasteiger partial charge in [-0.2, -0.15) is 0 Å². The van der Waals surface area contributed by atoms with E-state index in [1.165, 1.54) is 44.9 Å². The second-order valence-electron chi connectivity index (χ2n) is 7.04. The lowest BCUT2D eigenvalue weighted by atomic mass is 9.90. The van der Waals surface area contributed by atoms with E-state index in [1.807, 2.05) is 0 Å². The Kier molecular flexibility index (Phi) is 11.4. The first-order valence-corrected chi connectivity index (χ1v) is 8.60. The summed E-state index contributed by atoms with van der Waals surface area (Å²) >= 11 is 0. The standard InChI is InChI=1S/C19H38/c1-7-11-17(4)14-15-18(5)12-9-8-10-13-19(6)16(2)3/h7,11,16-19H,8-10,12-15H2,1-6H3. The van der Waals surface area contributed by atoms with Gasteiger partial charge in [-0.3, -0.25) is 0 Å². The van der Waals surface area contributed by atoms with Gasteiger partial charge in [-0.1, -0.05) is 85.3 Å². The highest BCUT2D eigenvalue weighted by Gasteiger charge is 2.07. The number of rotatable bonds is 11. The molecule has 0 N–H and O–H groups in total. The predicted octanol–water partition coefficient (Wildman–Crippen LogP) is 6.86. The zero-order valence-electron chi connectivity index (χ0n) is 14.4. The smallest absolute Gasteiger partial charge is 0.0262 e. The molecular weight excluding hydrogens is 228 g/mol. The molecule has 0 heteroatoms. The fourth-order valence-corrected chi connectivity index (χ4v) is 2.59. The van der Waals surface area contributed by atoms with Gasteiger partial charge in [-0.15, -0.1) is 0 Å². The van der Waals surface area contributed by atoms with Crippen molar-refractivity contribution >= 4 is 0 Å². The first-order valence-electron chi connectivity index (χ1n) is 8.60. The van der Waals surface area contributed by atoms with Crippen LogP contribution in [0.15, 0.2) is 12.2 Å². The Hall–Kier alpha value is -0.260. The summed E-state index contributed by atoms with van der Waals surface area (Å²) in [6.45, 7) is 14.0. The largest absolute Gasteiger partial charge is 0.0914 e. The van der Waals surface area contributed by atoms with E-state index in [4.69, 9.17) is 0 Å². The summed E-state index contributed by atoms with van der Waals surface area (Å²) in [4.78, 5) is 0. The molecule has 0 aliphatic carbocycles. The molecule has 0 heterocycles. The topological polar surface area (TPSA) is 0 Å². The van der Waals surface area contributed by atoms with Crippen LogP contribution in [0, 0.1) is 23.7 Å². The molecule has 3 unspecified atom stereocenters. The fourth-order valence-electron chi connectivity index (χ4n) is 2.59. The summed E-state index contributed by atoms with van der Waals surface area (Å²) < 4.78 is 0. The molecule has 0 nitrogen and oxygen atoms in total. The van der Waals surface area contributed by atoms with E-state index in [-0.39, 0.29) is 0 Å². The van der Waals surface area contributed by atoms with Gasteiger partial charge in [-0.25, -0.2) is 0 Å². The summed E-state index contributed by atoms with van der Waals surface area (Å²) in [5.41, 5.74) is 0. The molecule has 0 aromatic heterocycles. The van der Waals surface area contributed by atoms with Crippen molar-refractivity contribution < 1.29 is 0 Å². The molecule has 0 bridgehead atoms. The van der Waals surface area contributed by atoms with Crippen molar-refractivity contribution in [3.8, 4) is 0 Å². The molecule has 0 aromatic carbocycles. The van der Waals surface area contributed by atoms with Gasteiger partial charge in [0.05, 0.1) is 0 Å². The van der Waals surface area contributed by atoms with Crippen molar-refractivity contribution in [2.45, 2.75) is 86.5 Å². The van der Waals surface area contributed by atoms with E-state index in [0.29, 0.717) is 0 Å². The second kappa shape index (κ2) is 11.6. The van der Waals surface area contributed by atoms with Crippen LogP contribution >= 0.6 is 0 Å². The second-order valence-corrected chi connectivity index (χ2v) is 7.04. The van der Waals surface area contributed by atoms with Crippen molar-refractivity contribution in [2.24, 2.45) is 23.7 Å². The van der Waals surface area contributed by atoms with Gasteiger partial charge < -0.3 is 0 Å². The third-order valence-electron chi connectivity index (χ3n) is 4.63. The lowest BCUT2D eigenvalue weighted by Gasteiger charge is -2.16. The Morgan fingerprint density at radius 3 is 1.95 bits per heavy atom. The number of allylic oxidation sites excluding steroid dienone is 2. The van der Waals surface area contributed by atoms with Crippen LogP contribution in [0.2, 0.25) is 0 Å². The molecule has 0 spiro atoms. The molecule has 0 rings (SSSR count). The highest BCUT2D eigenvalue weighted by molar-refractivity contribution is 4.82. The zero-order valence-corrected chi connectivity index (χ0v) is 14.4. The zero-order chi connectivity index (χ0) is 14.7. The molecule has 0 aliphatic rings. The van der Waals surface area contributed by atoms with Gasteiger partial charge in [0.25, 0.3) is 0 Å². The minimum absolute atomic E-state index is 0.763. The molecule has 3 atom stereocenters. The first kappa shape index (κ1) is 18.7. The highest BCUT2D eigenvalue weighted by atomic mass is 14.1. The molecular formula is C19H38. The SMILES string of the molecule is CC=CC(C)CCC(C)CCCCCC(C)C(C)C. The molecule has 19 heavy (non-hydrogen) atoms. The minimum Gasteiger partial charge on any atom is -0.0914 e. The van der Waals surface area contributed by atoms with Crippen LogP contribution < -0.4 is 0 Å². The van der Waals surface area contributed by atoms with Gasteiger partial charge in [0.15, 0.2) is 0 Å². The Bertz CT molecular complexity index is 214. The van der Waals surface area contributed by atoms with Crippen LogP contribution in [-0.2, 0) is 0 Å². The Morgan fingerprint density at radius 2 is 1.37 bits per heavy atom. The lowest BCUT2D eigenvalue weighted by Crippen LogP contribution is -2.03. The average molecular weight is 267 g/mol. The number of hydrogen-bond acceptors (Lipinski definition) is 0. The van der Waals surface area contributed by atoms with Crippen molar-refractivity contribution in [3.05, 3.63) is 12.2 Å². The van der Waals surface area contributed by atoms with Crippen molar-refractivity contribution in [2.75, 3.05) is 0 Å². The summed E-state index contributed by atoms with van der Waals surface area (Å²) in [6, 6.07) is 0. The van der Waals surface area contributed by atoms with Crippen LogP contribution in [0.5, 0.6) is 0 Å². The monoisotopic (exact) mass is 266 g/mol. The van der Waals surface area contributed by atoms with Crippen LogP contribution in [0.3, 0.4) is 0 Å². The minimum atomic E-state index is 0.763. The van der Waals surface area contributed by atoms with Crippen LogP contribution in [-0.4, -0.2) is 0 Å². The van der Waals surface area contributed by atoms with Crippen molar-refractivity contribution in [1.82, 2.24) is 0 Å². The van der Waals surface area contributed by atoms with Crippen LogP contribution in [0.25, 0.3) is 0 Å². The van der Waals surface area contributed by atoms with E-state index < -0.39 is 0 Å². The maximum atomic E-state index is 2.43. The van der Waals surface area contributed by atoms with E-state index >= 15 is 0 Å². The Balaban J connectivity index is 3.46. The predicted molar refractivity (Wildman–Crippen MR) is 89.5 cm³/mol. The number of hydrogen-bond donors (Lipinski definition) is 0. The van der Waals surface area contributed by atoms with Crippen molar-refractivity contribution in [3.63, 3.8) is 0 Å². The molecule has 0 saturated carbocycles. The van der Waals surface area contributed by atoms with Gasteiger partial charge in [0, 0.05) is 0 Å². The molecule has 0 fully saturated rings. The van der Waals surface area contributed by atoms with E-state index in [0.717, 1.165) is 23.7 Å². The normalized spacial score (nSPS) is 17.0. The maximum absolute atomic E-state index is 2.43. The van der Waals surface area contributed by atoms with Gasteiger partial charge in [-0.05, 0) is 37.0 Å². The van der Waals surface area contributed by atoms with Crippen LogP contribution in [0.1, 0.15) is 86.5 Å². The maximum Gasteiger partial charge on any atom is -0.0262 e. The number of unbranched alkanes of at least 4 members (excludes halogenated alkanes) is 2. The third-order valence-corrected chi connectivity index (χ3v) is 4.63. The van der Waals surface area contributed by atoms with E-state index in [1.54, 1.807) is 0 Å². The molecule has 0 aromatic rings. The lowest BCUT2D eigenvalue weighted by molar-refractivity contribution is 0.366. The average Bonchev–Trinajstić information content (AvgIpc) is 2.36. The molecule has 0 amide bonds. The first-order chi connectivity index (χ1) is 8.97. The molecule has 0 saturated heterocycles. The van der Waals surface area contributed by atoms with E-state index in [2.05, 4.69) is 53.7 Å². The molecule has 0 radical (unpaired) electrons. The Labute approximate surface area is 123 Å². The molecule has 0 aliphatic heterocycles. The molecule has 114 valence electrons. The van der Waals surface area contributed by atoms with Gasteiger partial charge >= 0.3 is 0 Å². The summed E-state index contributed by atoms with van der Waals surface area (Å²) in [7, 11) is 0. The van der Waals surface area contributed by atoms with Crippen molar-refractivity contribution in [1.29, 1.82) is 0 Å². The highest BCUT2D eigenvalue weighted by Crippen LogP contribution is 2.21. The summed E-state index contributed by atoms with van der Waals surface area (Å²) in [6.07, 6.45) is 14.4. The van der Waals surface area contributed by atoms with Gasteiger partial charge in [0.1, 0.15) is 0 Å². The quantitative estimate of drug-likeness (QED) is 0.283. The van der Waals surface area contributed by atoms with Crippen LogP contribution in [0.4, 0.5) is 0 Å². The third kappa shape index (κ3) is 11.3.